The Labute approximate surface area is 135 Å². The fraction of sp³-hybridized carbons (Fsp3) is 0.278. The van der Waals surface area contributed by atoms with Crippen molar-refractivity contribution in [2.24, 2.45) is 0 Å². The Bertz CT molecular complexity index is 615. The summed E-state index contributed by atoms with van der Waals surface area (Å²) in [5, 5.41) is 12.5. The summed E-state index contributed by atoms with van der Waals surface area (Å²) < 4.78 is 10.5. The highest BCUT2D eigenvalue weighted by Gasteiger charge is 2.18. The van der Waals surface area contributed by atoms with Crippen LogP contribution in [-0.4, -0.2) is 31.4 Å². The van der Waals surface area contributed by atoms with Crippen molar-refractivity contribution in [1.29, 1.82) is 0 Å². The molecule has 2 aromatic carbocycles. The average Bonchev–Trinajstić information content (AvgIpc) is 2.56. The number of hydrogen-bond donors (Lipinski definition) is 2. The maximum absolute atomic E-state index is 11.5. The van der Waals surface area contributed by atoms with Crippen molar-refractivity contribution >= 4 is 5.97 Å². The van der Waals surface area contributed by atoms with E-state index in [2.05, 4.69) is 5.32 Å². The van der Waals surface area contributed by atoms with Gasteiger partial charge in [-0.1, -0.05) is 42.5 Å². The number of carbonyl (C=O) groups is 1. The van der Waals surface area contributed by atoms with Gasteiger partial charge in [0.05, 0.1) is 6.61 Å². The highest BCUT2D eigenvalue weighted by molar-refractivity contribution is 5.75. The molecule has 0 saturated heterocycles. The third-order valence-electron chi connectivity index (χ3n) is 3.34. The van der Waals surface area contributed by atoms with Gasteiger partial charge in [0.25, 0.3) is 0 Å². The molecule has 2 rings (SSSR count). The van der Waals surface area contributed by atoms with Gasteiger partial charge in [-0.2, -0.15) is 0 Å². The number of aliphatic carboxylic acids is 1. The fourth-order valence-corrected chi connectivity index (χ4v) is 2.20. The molecule has 0 unspecified atom stereocenters. The molecule has 0 bridgehead atoms. The molecule has 0 radical (unpaired) electrons. The van der Waals surface area contributed by atoms with Crippen LogP contribution in [0.25, 0.3) is 0 Å². The minimum atomic E-state index is -0.899. The second kappa shape index (κ2) is 8.92. The molecule has 5 nitrogen and oxygen atoms in total. The maximum Gasteiger partial charge on any atom is 0.325 e. The van der Waals surface area contributed by atoms with Gasteiger partial charge >= 0.3 is 5.97 Å². The average molecular weight is 315 g/mol. The minimum Gasteiger partial charge on any atom is -0.491 e. The molecule has 0 fully saturated rings. The number of benzene rings is 2. The van der Waals surface area contributed by atoms with Crippen LogP contribution in [0.15, 0.2) is 54.6 Å². The van der Waals surface area contributed by atoms with Crippen LogP contribution in [0.1, 0.15) is 17.2 Å². The lowest BCUT2D eigenvalue weighted by Gasteiger charge is -2.15. The molecule has 0 aromatic heterocycles. The van der Waals surface area contributed by atoms with Crippen LogP contribution in [0.4, 0.5) is 0 Å². The zero-order valence-electron chi connectivity index (χ0n) is 13.1. The standard InChI is InChI=1S/C18H21NO4/c1-22-10-11-23-16-9-5-6-14(12-16)13-19-17(18(20)21)15-7-3-2-4-8-15/h2-9,12,17,19H,10-11,13H2,1H3,(H,20,21)/t17-/m1/s1. The second-order valence-electron chi connectivity index (χ2n) is 5.05. The van der Waals surface area contributed by atoms with Crippen LogP contribution in [0.2, 0.25) is 0 Å². The van der Waals surface area contributed by atoms with Crippen molar-refractivity contribution in [2.75, 3.05) is 20.3 Å². The van der Waals surface area contributed by atoms with Crippen LogP contribution >= 0.6 is 0 Å². The molecule has 0 saturated carbocycles. The molecule has 1 atom stereocenters. The van der Waals surface area contributed by atoms with Crippen LogP contribution in [-0.2, 0) is 16.1 Å². The first-order valence-electron chi connectivity index (χ1n) is 7.42. The first-order valence-corrected chi connectivity index (χ1v) is 7.42. The van der Waals surface area contributed by atoms with Gasteiger partial charge in [0.2, 0.25) is 0 Å². The predicted molar refractivity (Wildman–Crippen MR) is 87.5 cm³/mol. The highest BCUT2D eigenvalue weighted by atomic mass is 16.5. The van der Waals surface area contributed by atoms with E-state index in [-0.39, 0.29) is 0 Å². The van der Waals surface area contributed by atoms with Crippen LogP contribution in [0.3, 0.4) is 0 Å². The summed E-state index contributed by atoms with van der Waals surface area (Å²) in [6, 6.07) is 16.0. The summed E-state index contributed by atoms with van der Waals surface area (Å²) in [6.45, 7) is 1.44. The van der Waals surface area contributed by atoms with Gasteiger partial charge in [0.15, 0.2) is 0 Å². The van der Waals surface area contributed by atoms with E-state index in [1.807, 2.05) is 42.5 Å². The highest BCUT2D eigenvalue weighted by Crippen LogP contribution is 2.16. The molecule has 0 amide bonds. The summed E-state index contributed by atoms with van der Waals surface area (Å²) in [5.74, 6) is -0.156. The molecule has 0 aliphatic heterocycles. The fourth-order valence-electron chi connectivity index (χ4n) is 2.20. The Morgan fingerprint density at radius 3 is 2.61 bits per heavy atom. The van der Waals surface area contributed by atoms with E-state index in [4.69, 9.17) is 9.47 Å². The zero-order valence-corrected chi connectivity index (χ0v) is 13.1. The Balaban J connectivity index is 1.98. The van der Waals surface area contributed by atoms with Crippen molar-refractivity contribution in [3.8, 4) is 5.75 Å². The van der Waals surface area contributed by atoms with Crippen molar-refractivity contribution in [3.05, 3.63) is 65.7 Å². The molecule has 0 aliphatic rings. The largest absolute Gasteiger partial charge is 0.491 e. The third-order valence-corrected chi connectivity index (χ3v) is 3.34. The van der Waals surface area contributed by atoms with E-state index in [9.17, 15) is 9.90 Å². The Morgan fingerprint density at radius 2 is 1.91 bits per heavy atom. The quantitative estimate of drug-likeness (QED) is 0.696. The van der Waals surface area contributed by atoms with Crippen molar-refractivity contribution in [3.63, 3.8) is 0 Å². The third kappa shape index (κ3) is 5.39. The normalized spacial score (nSPS) is 11.9. The smallest absolute Gasteiger partial charge is 0.325 e. The molecule has 0 spiro atoms. The van der Waals surface area contributed by atoms with Crippen LogP contribution in [0.5, 0.6) is 5.75 Å². The molecule has 0 aliphatic carbocycles. The van der Waals surface area contributed by atoms with Crippen LogP contribution < -0.4 is 10.1 Å². The SMILES string of the molecule is COCCOc1cccc(CN[C@@H](C(=O)O)c2ccccc2)c1. The monoisotopic (exact) mass is 315 g/mol. The number of carboxylic acid groups (broad SMARTS) is 1. The van der Waals surface area contributed by atoms with Crippen molar-refractivity contribution in [2.45, 2.75) is 12.6 Å². The molecule has 0 heterocycles. The summed E-state index contributed by atoms with van der Waals surface area (Å²) >= 11 is 0. The Morgan fingerprint density at radius 1 is 1.13 bits per heavy atom. The van der Waals surface area contributed by atoms with Gasteiger partial charge in [-0.05, 0) is 23.3 Å². The van der Waals surface area contributed by atoms with Gasteiger partial charge in [-0.15, -0.1) is 0 Å². The maximum atomic E-state index is 11.5. The molecule has 5 heteroatoms. The van der Waals surface area contributed by atoms with Crippen molar-refractivity contribution < 1.29 is 19.4 Å². The van der Waals surface area contributed by atoms with Gasteiger partial charge in [0.1, 0.15) is 18.4 Å². The summed E-state index contributed by atoms with van der Waals surface area (Å²) in [6.07, 6.45) is 0. The summed E-state index contributed by atoms with van der Waals surface area (Å²) in [5.41, 5.74) is 1.69. The molecule has 2 N–H and O–H groups in total. The number of nitrogens with one attached hydrogen (secondary N) is 1. The summed E-state index contributed by atoms with van der Waals surface area (Å²) in [4.78, 5) is 11.5. The van der Waals surface area contributed by atoms with E-state index in [1.165, 1.54) is 0 Å². The van der Waals surface area contributed by atoms with Gasteiger partial charge < -0.3 is 14.6 Å². The molecular formula is C18H21NO4. The lowest BCUT2D eigenvalue weighted by molar-refractivity contribution is -0.139. The number of carboxylic acids is 1. The van der Waals surface area contributed by atoms with Gasteiger partial charge in [0, 0.05) is 13.7 Å². The lowest BCUT2D eigenvalue weighted by Crippen LogP contribution is -2.28. The first-order chi connectivity index (χ1) is 11.2. The minimum absolute atomic E-state index is 0.438. The van der Waals surface area contributed by atoms with E-state index >= 15 is 0 Å². The van der Waals surface area contributed by atoms with E-state index in [0.717, 1.165) is 16.9 Å². The van der Waals surface area contributed by atoms with Gasteiger partial charge in [-0.25, -0.2) is 0 Å². The molecular weight excluding hydrogens is 294 g/mol. The van der Waals surface area contributed by atoms with E-state index in [1.54, 1.807) is 19.2 Å². The van der Waals surface area contributed by atoms with Gasteiger partial charge in [-0.3, -0.25) is 10.1 Å². The topological polar surface area (TPSA) is 67.8 Å². The number of ether oxygens (including phenoxy) is 2. The Kier molecular flexibility index (Phi) is 6.59. The Hall–Kier alpha value is -2.37. The molecule has 23 heavy (non-hydrogen) atoms. The van der Waals surface area contributed by atoms with E-state index in [0.29, 0.717) is 19.8 Å². The number of rotatable bonds is 9. The molecule has 122 valence electrons. The van der Waals surface area contributed by atoms with E-state index < -0.39 is 12.0 Å². The zero-order chi connectivity index (χ0) is 16.5. The number of hydrogen-bond acceptors (Lipinski definition) is 4. The second-order valence-corrected chi connectivity index (χ2v) is 5.05. The predicted octanol–water partition coefficient (Wildman–Crippen LogP) is 2.63. The molecule has 2 aromatic rings. The van der Waals surface area contributed by atoms with Crippen molar-refractivity contribution in [1.82, 2.24) is 5.32 Å². The summed E-state index contributed by atoms with van der Waals surface area (Å²) in [7, 11) is 1.62. The number of methoxy groups -OCH3 is 1. The first kappa shape index (κ1) is 17.0. The van der Waals surface area contributed by atoms with Crippen LogP contribution in [0, 0.1) is 0 Å². The lowest BCUT2D eigenvalue weighted by atomic mass is 10.1.